The van der Waals surface area contributed by atoms with Crippen molar-refractivity contribution in [2.75, 3.05) is 7.05 Å². The van der Waals surface area contributed by atoms with Gasteiger partial charge in [0.25, 0.3) is 0 Å². The molecule has 18 heavy (non-hydrogen) atoms. The van der Waals surface area contributed by atoms with Crippen molar-refractivity contribution in [2.24, 2.45) is 7.05 Å². The highest BCUT2D eigenvalue weighted by atomic mass is 32.1. The Balaban J connectivity index is 2.14. The molecule has 98 valence electrons. The van der Waals surface area contributed by atoms with E-state index < -0.39 is 0 Å². The highest BCUT2D eigenvalue weighted by Gasteiger charge is 2.19. The fourth-order valence-electron chi connectivity index (χ4n) is 1.91. The third kappa shape index (κ3) is 2.91. The minimum Gasteiger partial charge on any atom is -0.312 e. The van der Waals surface area contributed by atoms with Crippen LogP contribution in [0.4, 0.5) is 0 Å². The van der Waals surface area contributed by atoms with Crippen LogP contribution in [0.15, 0.2) is 6.20 Å². The van der Waals surface area contributed by atoms with E-state index in [0.29, 0.717) is 0 Å². The minimum absolute atomic E-state index is 0.211. The average Bonchev–Trinajstić information content (AvgIpc) is 2.96. The van der Waals surface area contributed by atoms with Gasteiger partial charge in [-0.15, -0.1) is 10.2 Å². The van der Waals surface area contributed by atoms with Gasteiger partial charge in [-0.05, 0) is 25.0 Å². The Morgan fingerprint density at radius 1 is 1.44 bits per heavy atom. The predicted molar refractivity (Wildman–Crippen MR) is 70.4 cm³/mol. The molecule has 7 heteroatoms. The van der Waals surface area contributed by atoms with E-state index in [9.17, 15) is 0 Å². The van der Waals surface area contributed by atoms with Gasteiger partial charge in [0.1, 0.15) is 0 Å². The molecule has 6 nitrogen and oxygen atoms in total. The quantitative estimate of drug-likeness (QED) is 0.848. The lowest BCUT2D eigenvalue weighted by atomic mass is 10.1. The van der Waals surface area contributed by atoms with Gasteiger partial charge in [0, 0.05) is 19.7 Å². The summed E-state index contributed by atoms with van der Waals surface area (Å²) in [6.45, 7) is 2.15. The molecule has 0 amide bonds. The van der Waals surface area contributed by atoms with Crippen LogP contribution in [0.25, 0.3) is 0 Å². The SMILES string of the molecule is CCCc1nnsc1C(Cc1cn(C)nn1)NC. The largest absolute Gasteiger partial charge is 0.312 e. The number of likely N-dealkylation sites (N-methyl/N-ethyl adjacent to an activating group) is 1. The van der Waals surface area contributed by atoms with Gasteiger partial charge in [0.2, 0.25) is 0 Å². The van der Waals surface area contributed by atoms with Crippen LogP contribution in [0.2, 0.25) is 0 Å². The smallest absolute Gasteiger partial charge is 0.0846 e. The Labute approximate surface area is 111 Å². The summed E-state index contributed by atoms with van der Waals surface area (Å²) >= 11 is 1.47. The molecule has 2 aromatic heterocycles. The molecule has 0 radical (unpaired) electrons. The molecule has 0 fully saturated rings. The number of nitrogens with one attached hydrogen (secondary N) is 1. The van der Waals surface area contributed by atoms with E-state index >= 15 is 0 Å². The molecule has 2 rings (SSSR count). The normalized spacial score (nSPS) is 12.8. The predicted octanol–water partition coefficient (Wildman–Crippen LogP) is 1.12. The number of aryl methyl sites for hydroxylation is 2. The standard InChI is InChI=1S/C11H18N6S/c1-4-5-9-11(18-16-14-9)10(12-2)6-8-7-17(3)15-13-8/h7,10,12H,4-6H2,1-3H3. The van der Waals surface area contributed by atoms with Crippen LogP contribution in [-0.4, -0.2) is 31.6 Å². The number of aromatic nitrogens is 5. The van der Waals surface area contributed by atoms with Crippen molar-refractivity contribution in [2.45, 2.75) is 32.2 Å². The average molecular weight is 266 g/mol. The van der Waals surface area contributed by atoms with Crippen LogP contribution in [0, 0.1) is 0 Å². The first kappa shape index (κ1) is 13.1. The first-order chi connectivity index (χ1) is 8.74. The summed E-state index contributed by atoms with van der Waals surface area (Å²) in [5, 5.41) is 15.6. The summed E-state index contributed by atoms with van der Waals surface area (Å²) in [4.78, 5) is 1.21. The third-order valence-corrected chi connectivity index (χ3v) is 3.68. The summed E-state index contributed by atoms with van der Waals surface area (Å²) in [5.74, 6) is 0. The van der Waals surface area contributed by atoms with Gasteiger partial charge in [0.15, 0.2) is 0 Å². The van der Waals surface area contributed by atoms with Crippen molar-refractivity contribution in [3.8, 4) is 0 Å². The van der Waals surface area contributed by atoms with E-state index in [0.717, 1.165) is 30.7 Å². The topological polar surface area (TPSA) is 68.5 Å². The fourth-order valence-corrected chi connectivity index (χ4v) is 2.72. The maximum absolute atomic E-state index is 4.21. The van der Waals surface area contributed by atoms with Gasteiger partial charge in [-0.25, -0.2) is 0 Å². The first-order valence-electron chi connectivity index (χ1n) is 6.08. The van der Waals surface area contributed by atoms with E-state index in [2.05, 4.69) is 32.1 Å². The van der Waals surface area contributed by atoms with Gasteiger partial charge in [-0.2, -0.15) is 0 Å². The number of hydrogen-bond acceptors (Lipinski definition) is 6. The second kappa shape index (κ2) is 6.01. The molecule has 1 unspecified atom stereocenters. The second-order valence-electron chi connectivity index (χ2n) is 4.26. The van der Waals surface area contributed by atoms with Gasteiger partial charge < -0.3 is 5.32 Å². The monoisotopic (exact) mass is 266 g/mol. The zero-order valence-electron chi connectivity index (χ0n) is 10.9. The molecule has 0 saturated carbocycles. The molecular weight excluding hydrogens is 248 g/mol. The molecule has 0 aromatic carbocycles. The summed E-state index contributed by atoms with van der Waals surface area (Å²) in [6.07, 6.45) is 4.81. The summed E-state index contributed by atoms with van der Waals surface area (Å²) in [6, 6.07) is 0.211. The van der Waals surface area contributed by atoms with E-state index in [1.807, 2.05) is 20.3 Å². The lowest BCUT2D eigenvalue weighted by Crippen LogP contribution is -2.19. The molecule has 0 aliphatic carbocycles. The highest BCUT2D eigenvalue weighted by Crippen LogP contribution is 2.24. The molecular formula is C11H18N6S. The van der Waals surface area contributed by atoms with Crippen molar-refractivity contribution < 1.29 is 0 Å². The molecule has 0 aliphatic heterocycles. The van der Waals surface area contributed by atoms with Crippen molar-refractivity contribution in [1.29, 1.82) is 0 Å². The molecule has 1 atom stereocenters. The maximum Gasteiger partial charge on any atom is 0.0846 e. The summed E-state index contributed by atoms with van der Waals surface area (Å²) in [7, 11) is 3.83. The third-order valence-electron chi connectivity index (χ3n) is 2.80. The van der Waals surface area contributed by atoms with Gasteiger partial charge in [-0.1, -0.05) is 23.0 Å². The number of hydrogen-bond donors (Lipinski definition) is 1. The Morgan fingerprint density at radius 3 is 2.89 bits per heavy atom. The minimum atomic E-state index is 0.211. The van der Waals surface area contributed by atoms with Crippen molar-refractivity contribution in [3.05, 3.63) is 22.5 Å². The van der Waals surface area contributed by atoms with Crippen LogP contribution in [0.5, 0.6) is 0 Å². The van der Waals surface area contributed by atoms with Gasteiger partial charge in [0.05, 0.1) is 22.3 Å². The summed E-state index contributed by atoms with van der Waals surface area (Å²) < 4.78 is 5.79. The molecule has 2 aromatic rings. The number of rotatable bonds is 6. The van der Waals surface area contributed by atoms with E-state index in [-0.39, 0.29) is 6.04 Å². The highest BCUT2D eigenvalue weighted by molar-refractivity contribution is 7.05. The lowest BCUT2D eigenvalue weighted by molar-refractivity contribution is 0.585. The van der Waals surface area contributed by atoms with Crippen LogP contribution < -0.4 is 5.32 Å². The van der Waals surface area contributed by atoms with Crippen LogP contribution in [-0.2, 0) is 19.9 Å². The van der Waals surface area contributed by atoms with Gasteiger partial charge in [-0.3, -0.25) is 4.68 Å². The van der Waals surface area contributed by atoms with E-state index in [1.54, 1.807) is 4.68 Å². The lowest BCUT2D eigenvalue weighted by Gasteiger charge is -2.13. The molecule has 0 aliphatic rings. The molecule has 0 spiro atoms. The molecule has 1 N–H and O–H groups in total. The second-order valence-corrected chi connectivity index (χ2v) is 5.05. The summed E-state index contributed by atoms with van der Waals surface area (Å²) in [5.41, 5.74) is 2.08. The van der Waals surface area contributed by atoms with Crippen LogP contribution >= 0.6 is 11.5 Å². The Kier molecular flexibility index (Phi) is 4.38. The molecule has 2 heterocycles. The molecule has 0 saturated heterocycles. The van der Waals surface area contributed by atoms with E-state index in [1.165, 1.54) is 16.4 Å². The van der Waals surface area contributed by atoms with Crippen molar-refractivity contribution in [3.63, 3.8) is 0 Å². The van der Waals surface area contributed by atoms with Crippen LogP contribution in [0.3, 0.4) is 0 Å². The first-order valence-corrected chi connectivity index (χ1v) is 6.85. The van der Waals surface area contributed by atoms with Gasteiger partial charge >= 0.3 is 0 Å². The maximum atomic E-state index is 4.21. The van der Waals surface area contributed by atoms with E-state index in [4.69, 9.17) is 0 Å². The Bertz CT molecular complexity index is 491. The van der Waals surface area contributed by atoms with Crippen molar-refractivity contribution >= 4 is 11.5 Å². The van der Waals surface area contributed by atoms with Crippen molar-refractivity contribution in [1.82, 2.24) is 29.9 Å². The Morgan fingerprint density at radius 2 is 2.28 bits per heavy atom. The number of nitrogens with zero attached hydrogens (tertiary/aromatic N) is 5. The zero-order chi connectivity index (χ0) is 13.0. The zero-order valence-corrected chi connectivity index (χ0v) is 11.7. The molecule has 0 bridgehead atoms. The Hall–Kier alpha value is -1.34. The van der Waals surface area contributed by atoms with Crippen LogP contribution in [0.1, 0.15) is 35.7 Å². The fraction of sp³-hybridized carbons (Fsp3) is 0.636.